The average molecular weight is 333 g/mol. The number of likely N-dealkylation sites (N-methyl/N-ethyl adjacent to an activating group) is 1. The first kappa shape index (κ1) is 18.5. The third kappa shape index (κ3) is 5.69. The minimum Gasteiger partial charge on any atom is -0.496 e. The lowest BCUT2D eigenvalue weighted by atomic mass is 10.2. The van der Waals surface area contributed by atoms with Gasteiger partial charge in [-0.05, 0) is 12.6 Å². The fourth-order valence-corrected chi connectivity index (χ4v) is 2.91. The molecule has 1 aromatic rings. The Balaban J connectivity index is 1.69. The normalized spacial score (nSPS) is 16.9. The van der Waals surface area contributed by atoms with E-state index in [1.807, 2.05) is 18.2 Å². The van der Waals surface area contributed by atoms with Gasteiger partial charge in [0.25, 0.3) is 0 Å². The molecule has 1 fully saturated rings. The third-order valence-electron chi connectivity index (χ3n) is 4.50. The largest absolute Gasteiger partial charge is 0.496 e. The Morgan fingerprint density at radius 2 is 1.83 bits per heavy atom. The number of hydrogen-bond acceptors (Lipinski definition) is 4. The van der Waals surface area contributed by atoms with Crippen molar-refractivity contribution in [2.45, 2.75) is 13.5 Å². The number of para-hydroxylation sites is 1. The summed E-state index contributed by atoms with van der Waals surface area (Å²) in [5.74, 6) is 1.72. The van der Waals surface area contributed by atoms with E-state index in [9.17, 15) is 0 Å². The van der Waals surface area contributed by atoms with Gasteiger partial charge in [0.15, 0.2) is 5.96 Å². The SMILES string of the molecule is CCN1CCN(CCNC(=NC)NCc2ccccc2OC)CC1. The number of nitrogens with one attached hydrogen (secondary N) is 2. The second-order valence-corrected chi connectivity index (χ2v) is 5.94. The van der Waals surface area contributed by atoms with Crippen molar-refractivity contribution in [1.82, 2.24) is 20.4 Å². The monoisotopic (exact) mass is 333 g/mol. The number of aliphatic imine (C=N–C) groups is 1. The molecule has 2 N–H and O–H groups in total. The molecule has 0 unspecified atom stereocenters. The van der Waals surface area contributed by atoms with Crippen LogP contribution >= 0.6 is 0 Å². The van der Waals surface area contributed by atoms with Gasteiger partial charge in [0.1, 0.15) is 5.75 Å². The molecule has 6 heteroatoms. The minimum atomic E-state index is 0.693. The summed E-state index contributed by atoms with van der Waals surface area (Å²) in [7, 11) is 3.50. The third-order valence-corrected chi connectivity index (χ3v) is 4.50. The maximum absolute atomic E-state index is 5.38. The van der Waals surface area contributed by atoms with Crippen molar-refractivity contribution in [2.75, 3.05) is 60.0 Å². The molecular weight excluding hydrogens is 302 g/mol. The summed E-state index contributed by atoms with van der Waals surface area (Å²) in [4.78, 5) is 9.30. The minimum absolute atomic E-state index is 0.693. The Hall–Kier alpha value is -1.79. The van der Waals surface area contributed by atoms with Crippen LogP contribution in [-0.4, -0.2) is 75.7 Å². The second-order valence-electron chi connectivity index (χ2n) is 5.94. The van der Waals surface area contributed by atoms with Gasteiger partial charge < -0.3 is 20.3 Å². The first-order valence-corrected chi connectivity index (χ1v) is 8.78. The zero-order valence-electron chi connectivity index (χ0n) is 15.2. The van der Waals surface area contributed by atoms with Gasteiger partial charge in [-0.2, -0.15) is 0 Å². The van der Waals surface area contributed by atoms with E-state index in [1.54, 1.807) is 14.2 Å². The van der Waals surface area contributed by atoms with E-state index in [-0.39, 0.29) is 0 Å². The number of benzene rings is 1. The van der Waals surface area contributed by atoms with Crippen LogP contribution in [0.25, 0.3) is 0 Å². The molecule has 2 rings (SSSR count). The molecule has 0 atom stereocenters. The Kier molecular flexibility index (Phi) is 7.85. The van der Waals surface area contributed by atoms with E-state index < -0.39 is 0 Å². The lowest BCUT2D eigenvalue weighted by Gasteiger charge is -2.34. The van der Waals surface area contributed by atoms with E-state index in [4.69, 9.17) is 4.74 Å². The standard InChI is InChI=1S/C18H31N5O/c1-4-22-11-13-23(14-12-22)10-9-20-18(19-2)21-15-16-7-5-6-8-17(16)24-3/h5-8H,4,9-15H2,1-3H3,(H2,19,20,21). The van der Waals surface area contributed by atoms with Crippen molar-refractivity contribution < 1.29 is 4.74 Å². The molecule has 24 heavy (non-hydrogen) atoms. The maximum Gasteiger partial charge on any atom is 0.191 e. The summed E-state index contributed by atoms with van der Waals surface area (Å²) in [6, 6.07) is 8.04. The highest BCUT2D eigenvalue weighted by Crippen LogP contribution is 2.16. The number of rotatable bonds is 7. The summed E-state index contributed by atoms with van der Waals surface area (Å²) >= 11 is 0. The van der Waals surface area contributed by atoms with Crippen LogP contribution in [0.4, 0.5) is 0 Å². The van der Waals surface area contributed by atoms with Crippen molar-refractivity contribution in [2.24, 2.45) is 4.99 Å². The molecule has 6 nitrogen and oxygen atoms in total. The predicted molar refractivity (Wildman–Crippen MR) is 99.7 cm³/mol. The van der Waals surface area contributed by atoms with Crippen molar-refractivity contribution >= 4 is 5.96 Å². The van der Waals surface area contributed by atoms with Crippen LogP contribution in [0.5, 0.6) is 5.75 Å². The van der Waals surface area contributed by atoms with Gasteiger partial charge in [-0.3, -0.25) is 9.89 Å². The van der Waals surface area contributed by atoms with Crippen molar-refractivity contribution in [3.63, 3.8) is 0 Å². The fraction of sp³-hybridized carbons (Fsp3) is 0.611. The highest BCUT2D eigenvalue weighted by atomic mass is 16.5. The predicted octanol–water partition coefficient (Wildman–Crippen LogP) is 0.998. The van der Waals surface area contributed by atoms with Crippen LogP contribution < -0.4 is 15.4 Å². The molecule has 1 heterocycles. The van der Waals surface area contributed by atoms with E-state index in [0.29, 0.717) is 6.54 Å². The Labute approximate surface area is 145 Å². The van der Waals surface area contributed by atoms with Crippen LogP contribution in [0, 0.1) is 0 Å². The molecule has 0 aromatic heterocycles. The van der Waals surface area contributed by atoms with Crippen LogP contribution in [0.2, 0.25) is 0 Å². The Bertz CT molecular complexity index is 512. The van der Waals surface area contributed by atoms with Crippen LogP contribution in [0.3, 0.4) is 0 Å². The molecule has 0 radical (unpaired) electrons. The summed E-state index contributed by atoms with van der Waals surface area (Å²) in [6.07, 6.45) is 0. The van der Waals surface area contributed by atoms with E-state index in [2.05, 4.69) is 38.4 Å². The first-order valence-electron chi connectivity index (χ1n) is 8.78. The zero-order chi connectivity index (χ0) is 17.2. The lowest BCUT2D eigenvalue weighted by molar-refractivity contribution is 0.139. The summed E-state index contributed by atoms with van der Waals surface area (Å²) in [5, 5.41) is 6.74. The number of ether oxygens (including phenoxy) is 1. The Morgan fingerprint density at radius 1 is 1.12 bits per heavy atom. The molecular formula is C18H31N5O. The summed E-state index contributed by atoms with van der Waals surface area (Å²) in [6.45, 7) is 10.7. The van der Waals surface area contributed by atoms with Crippen molar-refractivity contribution in [3.05, 3.63) is 29.8 Å². The van der Waals surface area contributed by atoms with Crippen LogP contribution in [0.15, 0.2) is 29.3 Å². The molecule has 0 amide bonds. The quantitative estimate of drug-likeness (QED) is 0.576. The first-order chi connectivity index (χ1) is 11.8. The van der Waals surface area contributed by atoms with Gasteiger partial charge in [0.05, 0.1) is 7.11 Å². The highest BCUT2D eigenvalue weighted by molar-refractivity contribution is 5.79. The molecule has 134 valence electrons. The molecule has 1 aromatic carbocycles. The molecule has 0 aliphatic carbocycles. The molecule has 0 bridgehead atoms. The van der Waals surface area contributed by atoms with E-state index in [1.165, 1.54) is 13.1 Å². The maximum atomic E-state index is 5.38. The topological polar surface area (TPSA) is 52.1 Å². The average Bonchev–Trinajstić information content (AvgIpc) is 2.65. The van der Waals surface area contributed by atoms with Gasteiger partial charge in [0, 0.05) is 58.4 Å². The zero-order valence-corrected chi connectivity index (χ0v) is 15.2. The van der Waals surface area contributed by atoms with Crippen LogP contribution in [0.1, 0.15) is 12.5 Å². The molecule has 0 spiro atoms. The van der Waals surface area contributed by atoms with Crippen LogP contribution in [-0.2, 0) is 6.54 Å². The molecule has 1 saturated heterocycles. The van der Waals surface area contributed by atoms with Gasteiger partial charge in [-0.25, -0.2) is 0 Å². The fourth-order valence-electron chi connectivity index (χ4n) is 2.91. The lowest BCUT2D eigenvalue weighted by Crippen LogP contribution is -2.49. The number of guanidine groups is 1. The van der Waals surface area contributed by atoms with Crippen molar-refractivity contribution in [3.8, 4) is 5.75 Å². The number of hydrogen-bond donors (Lipinski definition) is 2. The summed E-state index contributed by atoms with van der Waals surface area (Å²) in [5.41, 5.74) is 1.12. The Morgan fingerprint density at radius 3 is 2.50 bits per heavy atom. The number of methoxy groups -OCH3 is 1. The second kappa shape index (κ2) is 10.2. The number of piperazine rings is 1. The molecule has 1 aliphatic rings. The molecule has 0 saturated carbocycles. The summed E-state index contributed by atoms with van der Waals surface area (Å²) < 4.78 is 5.38. The van der Waals surface area contributed by atoms with Gasteiger partial charge in [-0.1, -0.05) is 25.1 Å². The van der Waals surface area contributed by atoms with Gasteiger partial charge in [-0.15, -0.1) is 0 Å². The van der Waals surface area contributed by atoms with E-state index >= 15 is 0 Å². The number of nitrogens with zero attached hydrogens (tertiary/aromatic N) is 3. The highest BCUT2D eigenvalue weighted by Gasteiger charge is 2.14. The smallest absolute Gasteiger partial charge is 0.191 e. The van der Waals surface area contributed by atoms with Crippen molar-refractivity contribution in [1.29, 1.82) is 0 Å². The molecule has 1 aliphatic heterocycles. The van der Waals surface area contributed by atoms with E-state index in [0.717, 1.165) is 50.0 Å². The van der Waals surface area contributed by atoms with Gasteiger partial charge >= 0.3 is 0 Å². The van der Waals surface area contributed by atoms with Gasteiger partial charge in [0.2, 0.25) is 0 Å².